The van der Waals surface area contributed by atoms with Crippen LogP contribution in [0.1, 0.15) is 10.4 Å². The topological polar surface area (TPSA) is 108 Å². The van der Waals surface area contributed by atoms with Crippen LogP contribution in [0.25, 0.3) is 0 Å². The van der Waals surface area contributed by atoms with Gasteiger partial charge in [0, 0.05) is 11.8 Å². The zero-order valence-corrected chi connectivity index (χ0v) is 14.9. The molecular weight excluding hydrogens is 360 g/mol. The third-order valence-corrected chi connectivity index (χ3v) is 4.10. The van der Waals surface area contributed by atoms with Crippen LogP contribution in [-0.2, 0) is 9.53 Å². The van der Waals surface area contributed by atoms with Crippen LogP contribution in [0.4, 0.5) is 11.4 Å². The van der Waals surface area contributed by atoms with Gasteiger partial charge in [0.2, 0.25) is 0 Å². The van der Waals surface area contributed by atoms with E-state index in [0.29, 0.717) is 16.3 Å². The maximum Gasteiger partial charge on any atom is 0.338 e. The van der Waals surface area contributed by atoms with Gasteiger partial charge in [-0.25, -0.2) is 4.79 Å². The summed E-state index contributed by atoms with van der Waals surface area (Å²) in [7, 11) is 1.53. The first-order valence-electron chi connectivity index (χ1n) is 7.38. The van der Waals surface area contributed by atoms with Crippen LogP contribution in [0, 0.1) is 10.1 Å². The first-order chi connectivity index (χ1) is 12.4. The minimum Gasteiger partial charge on any atom is -0.497 e. The number of benzene rings is 2. The number of thioether (sulfide) groups is 1. The van der Waals surface area contributed by atoms with Crippen molar-refractivity contribution in [2.24, 2.45) is 0 Å². The molecule has 9 heteroatoms. The van der Waals surface area contributed by atoms with Crippen molar-refractivity contribution >= 4 is 35.0 Å². The molecule has 2 rings (SSSR count). The fourth-order valence-electron chi connectivity index (χ4n) is 2.05. The van der Waals surface area contributed by atoms with E-state index in [1.54, 1.807) is 30.5 Å². The molecule has 0 saturated carbocycles. The largest absolute Gasteiger partial charge is 0.497 e. The summed E-state index contributed by atoms with van der Waals surface area (Å²) in [5.41, 5.74) is 0.341. The summed E-state index contributed by atoms with van der Waals surface area (Å²) in [6, 6.07) is 10.7. The number of nitrogens with one attached hydrogen (secondary N) is 1. The maximum atomic E-state index is 12.0. The first kappa shape index (κ1) is 19.3. The van der Waals surface area contributed by atoms with Crippen LogP contribution >= 0.6 is 11.8 Å². The monoisotopic (exact) mass is 376 g/mol. The number of amides is 1. The third kappa shape index (κ3) is 4.96. The number of esters is 1. The molecule has 1 N–H and O–H groups in total. The summed E-state index contributed by atoms with van der Waals surface area (Å²) in [6.45, 7) is -0.511. The van der Waals surface area contributed by atoms with E-state index in [-0.39, 0.29) is 11.3 Å². The first-order valence-corrected chi connectivity index (χ1v) is 8.60. The Hall–Kier alpha value is -3.07. The molecule has 0 atom stereocenters. The third-order valence-electron chi connectivity index (χ3n) is 3.32. The number of hydrogen-bond donors (Lipinski definition) is 1. The Labute approximate surface area is 153 Å². The molecule has 26 heavy (non-hydrogen) atoms. The van der Waals surface area contributed by atoms with Gasteiger partial charge in [-0.1, -0.05) is 0 Å². The van der Waals surface area contributed by atoms with E-state index in [9.17, 15) is 19.7 Å². The number of carbonyl (C=O) groups excluding carboxylic acids is 2. The van der Waals surface area contributed by atoms with Crippen LogP contribution in [0.15, 0.2) is 47.4 Å². The molecule has 2 aromatic carbocycles. The lowest BCUT2D eigenvalue weighted by Crippen LogP contribution is -2.21. The molecule has 0 unspecified atom stereocenters. The average molecular weight is 376 g/mol. The molecule has 0 aliphatic rings. The van der Waals surface area contributed by atoms with Gasteiger partial charge in [0.05, 0.1) is 22.5 Å². The van der Waals surface area contributed by atoms with E-state index in [1.807, 2.05) is 0 Å². The average Bonchev–Trinajstić information content (AvgIpc) is 2.66. The molecule has 0 aliphatic carbocycles. The summed E-state index contributed by atoms with van der Waals surface area (Å²) in [4.78, 5) is 34.8. The molecule has 0 spiro atoms. The minimum absolute atomic E-state index is 0.00625. The highest BCUT2D eigenvalue weighted by Gasteiger charge is 2.18. The van der Waals surface area contributed by atoms with Crippen molar-refractivity contribution in [3.8, 4) is 5.75 Å². The van der Waals surface area contributed by atoms with Crippen molar-refractivity contribution in [1.29, 1.82) is 0 Å². The Bertz CT molecular complexity index is 823. The molecule has 0 radical (unpaired) electrons. The van der Waals surface area contributed by atoms with E-state index in [4.69, 9.17) is 9.47 Å². The van der Waals surface area contributed by atoms with Gasteiger partial charge < -0.3 is 14.8 Å². The number of hydrogen-bond acceptors (Lipinski definition) is 7. The lowest BCUT2D eigenvalue weighted by atomic mass is 10.2. The second-order valence-electron chi connectivity index (χ2n) is 5.00. The van der Waals surface area contributed by atoms with Crippen molar-refractivity contribution in [3.05, 3.63) is 58.1 Å². The van der Waals surface area contributed by atoms with Gasteiger partial charge in [-0.15, -0.1) is 11.8 Å². The molecule has 0 bridgehead atoms. The predicted molar refractivity (Wildman–Crippen MR) is 96.8 cm³/mol. The highest BCUT2D eigenvalue weighted by molar-refractivity contribution is 7.98. The van der Waals surface area contributed by atoms with E-state index in [1.165, 1.54) is 31.0 Å². The second kappa shape index (κ2) is 8.86. The Kier molecular flexibility index (Phi) is 6.56. The number of carbonyl (C=O) groups is 2. The molecular formula is C17H16N2O6S. The van der Waals surface area contributed by atoms with Crippen LogP contribution in [0.5, 0.6) is 5.75 Å². The van der Waals surface area contributed by atoms with Crippen molar-refractivity contribution in [2.45, 2.75) is 4.90 Å². The SMILES string of the molecule is COc1ccc(NC(=O)COC(=O)c2ccc(SC)c([N+](=O)[O-])c2)cc1. The maximum absolute atomic E-state index is 12.0. The summed E-state index contributed by atoms with van der Waals surface area (Å²) >= 11 is 1.20. The Morgan fingerprint density at radius 3 is 2.46 bits per heavy atom. The van der Waals surface area contributed by atoms with Gasteiger partial charge >= 0.3 is 5.97 Å². The summed E-state index contributed by atoms with van der Waals surface area (Å²) in [5.74, 6) is -0.700. The molecule has 1 amide bonds. The lowest BCUT2D eigenvalue weighted by molar-refractivity contribution is -0.387. The molecule has 2 aromatic rings. The Morgan fingerprint density at radius 1 is 1.19 bits per heavy atom. The Morgan fingerprint density at radius 2 is 1.88 bits per heavy atom. The van der Waals surface area contributed by atoms with E-state index >= 15 is 0 Å². The van der Waals surface area contributed by atoms with E-state index in [2.05, 4.69) is 5.32 Å². The molecule has 0 aliphatic heterocycles. The zero-order valence-electron chi connectivity index (χ0n) is 14.1. The standard InChI is InChI=1S/C17H16N2O6S/c1-24-13-6-4-12(5-7-13)18-16(20)10-25-17(21)11-3-8-15(26-2)14(9-11)19(22)23/h3-9H,10H2,1-2H3,(H,18,20). The van der Waals surface area contributed by atoms with Crippen LogP contribution in [0.2, 0.25) is 0 Å². The van der Waals surface area contributed by atoms with Gasteiger partial charge in [-0.3, -0.25) is 14.9 Å². The number of nitrogens with zero attached hydrogens (tertiary/aromatic N) is 1. The minimum atomic E-state index is -0.814. The summed E-state index contributed by atoms with van der Waals surface area (Å²) in [5, 5.41) is 13.6. The number of nitro benzene ring substituents is 1. The number of anilines is 1. The van der Waals surface area contributed by atoms with Crippen molar-refractivity contribution in [1.82, 2.24) is 0 Å². The summed E-state index contributed by atoms with van der Waals surface area (Å²) in [6.07, 6.45) is 1.70. The van der Waals surface area contributed by atoms with Gasteiger partial charge in [-0.2, -0.15) is 0 Å². The molecule has 8 nitrogen and oxygen atoms in total. The Balaban J connectivity index is 1.96. The number of methoxy groups -OCH3 is 1. The van der Waals surface area contributed by atoms with Crippen molar-refractivity contribution in [2.75, 3.05) is 25.3 Å². The van der Waals surface area contributed by atoms with Gasteiger partial charge in [-0.05, 0) is 42.7 Å². The quantitative estimate of drug-likeness (QED) is 0.342. The van der Waals surface area contributed by atoms with Gasteiger partial charge in [0.15, 0.2) is 6.61 Å². The molecule has 136 valence electrons. The van der Waals surface area contributed by atoms with Crippen molar-refractivity contribution in [3.63, 3.8) is 0 Å². The molecule has 0 aromatic heterocycles. The molecule has 0 heterocycles. The predicted octanol–water partition coefficient (Wildman–Crippen LogP) is 3.12. The fourth-order valence-corrected chi connectivity index (χ4v) is 2.59. The van der Waals surface area contributed by atoms with Crippen LogP contribution < -0.4 is 10.1 Å². The van der Waals surface area contributed by atoms with Gasteiger partial charge in [0.25, 0.3) is 11.6 Å². The van der Waals surface area contributed by atoms with Crippen molar-refractivity contribution < 1.29 is 24.0 Å². The normalized spacial score (nSPS) is 10.1. The summed E-state index contributed by atoms with van der Waals surface area (Å²) < 4.78 is 9.92. The molecule has 0 saturated heterocycles. The number of nitro groups is 1. The highest BCUT2D eigenvalue weighted by Crippen LogP contribution is 2.28. The van der Waals surface area contributed by atoms with Crippen LogP contribution in [0.3, 0.4) is 0 Å². The van der Waals surface area contributed by atoms with E-state index < -0.39 is 23.4 Å². The highest BCUT2D eigenvalue weighted by atomic mass is 32.2. The van der Waals surface area contributed by atoms with E-state index in [0.717, 1.165) is 6.07 Å². The fraction of sp³-hybridized carbons (Fsp3) is 0.176. The number of ether oxygens (including phenoxy) is 2. The van der Waals surface area contributed by atoms with Gasteiger partial charge in [0.1, 0.15) is 5.75 Å². The zero-order chi connectivity index (χ0) is 19.1. The molecule has 0 fully saturated rings. The smallest absolute Gasteiger partial charge is 0.338 e. The number of rotatable bonds is 7. The van der Waals surface area contributed by atoms with Crippen LogP contribution in [-0.4, -0.2) is 36.8 Å². The lowest BCUT2D eigenvalue weighted by Gasteiger charge is -2.08. The second-order valence-corrected chi connectivity index (χ2v) is 5.84.